The topological polar surface area (TPSA) is 86.8 Å². The monoisotopic (exact) mass is 593 g/mol. The van der Waals surface area contributed by atoms with Crippen LogP contribution in [0.25, 0.3) is 0 Å². The van der Waals surface area contributed by atoms with E-state index in [4.69, 9.17) is 23.2 Å². The minimum atomic E-state index is -4.00. The van der Waals surface area contributed by atoms with Gasteiger partial charge in [-0.3, -0.25) is 13.9 Å². The predicted octanol–water partition coefficient (Wildman–Crippen LogP) is 5.06. The molecule has 3 rings (SSSR count). The molecule has 0 saturated carbocycles. The molecule has 0 aromatic heterocycles. The number of halogens is 3. The van der Waals surface area contributed by atoms with Gasteiger partial charge in [-0.1, -0.05) is 71.7 Å². The van der Waals surface area contributed by atoms with Crippen LogP contribution in [0.2, 0.25) is 10.0 Å². The third-order valence-electron chi connectivity index (χ3n) is 5.85. The number of nitrogens with zero attached hydrogens (tertiary/aromatic N) is 2. The van der Waals surface area contributed by atoms with E-state index >= 15 is 0 Å². The lowest BCUT2D eigenvalue weighted by Crippen LogP contribution is -2.54. The number of amides is 2. The van der Waals surface area contributed by atoms with E-state index in [1.54, 1.807) is 13.8 Å². The van der Waals surface area contributed by atoms with E-state index in [2.05, 4.69) is 5.32 Å². The van der Waals surface area contributed by atoms with Crippen molar-refractivity contribution in [2.75, 3.05) is 17.1 Å². The van der Waals surface area contributed by atoms with Gasteiger partial charge in [0.15, 0.2) is 0 Å². The summed E-state index contributed by atoms with van der Waals surface area (Å²) in [4.78, 5) is 28.7. The first-order valence-electron chi connectivity index (χ1n) is 12.2. The van der Waals surface area contributed by atoms with Crippen LogP contribution in [-0.4, -0.2) is 50.0 Å². The molecule has 3 aromatic rings. The van der Waals surface area contributed by atoms with Crippen LogP contribution in [0.3, 0.4) is 0 Å². The van der Waals surface area contributed by atoms with E-state index in [1.807, 2.05) is 30.3 Å². The number of carbonyl (C=O) groups is 2. The van der Waals surface area contributed by atoms with Crippen LogP contribution in [0.5, 0.6) is 0 Å². The Hall–Kier alpha value is -3.14. The first-order valence-corrected chi connectivity index (χ1v) is 14.8. The average Bonchev–Trinajstić information content (AvgIpc) is 2.87. The fourth-order valence-electron chi connectivity index (χ4n) is 4.00. The van der Waals surface area contributed by atoms with E-state index < -0.39 is 40.2 Å². The number of anilines is 1. The van der Waals surface area contributed by atoms with Gasteiger partial charge in [0.05, 0.1) is 22.0 Å². The van der Waals surface area contributed by atoms with Crippen LogP contribution in [-0.2, 0) is 32.6 Å². The summed E-state index contributed by atoms with van der Waals surface area (Å²) < 4.78 is 40.1. The molecule has 1 atom stereocenters. The molecule has 0 fully saturated rings. The lowest BCUT2D eigenvalue weighted by Gasteiger charge is -2.34. The molecule has 0 aliphatic rings. The molecule has 0 saturated heterocycles. The second-order valence-electron chi connectivity index (χ2n) is 9.36. The van der Waals surface area contributed by atoms with Crippen molar-refractivity contribution in [3.63, 3.8) is 0 Å². The third-order valence-corrected chi connectivity index (χ3v) is 7.78. The zero-order valence-electron chi connectivity index (χ0n) is 21.8. The number of rotatable bonds is 11. The Kier molecular flexibility index (Phi) is 10.4. The molecular formula is C28H30Cl2FN3O4S. The van der Waals surface area contributed by atoms with Gasteiger partial charge in [-0.15, -0.1) is 0 Å². The summed E-state index contributed by atoms with van der Waals surface area (Å²) in [5, 5.41) is 2.96. The normalized spacial score (nSPS) is 12.2. The lowest BCUT2D eigenvalue weighted by atomic mass is 10.0. The Balaban J connectivity index is 2.07. The van der Waals surface area contributed by atoms with Gasteiger partial charge in [0.25, 0.3) is 0 Å². The van der Waals surface area contributed by atoms with Crippen molar-refractivity contribution >= 4 is 50.7 Å². The number of hydrogen-bond donors (Lipinski definition) is 1. The fourth-order valence-corrected chi connectivity index (χ4v) is 5.30. The molecular weight excluding hydrogens is 564 g/mol. The summed E-state index contributed by atoms with van der Waals surface area (Å²) in [5.41, 5.74) is 1.40. The van der Waals surface area contributed by atoms with Crippen LogP contribution < -0.4 is 9.62 Å². The van der Waals surface area contributed by atoms with E-state index in [9.17, 15) is 22.4 Å². The minimum Gasteiger partial charge on any atom is -0.352 e. The molecule has 2 amide bonds. The molecule has 11 heteroatoms. The molecule has 0 heterocycles. The smallest absolute Gasteiger partial charge is 0.244 e. The molecule has 7 nitrogen and oxygen atoms in total. The predicted molar refractivity (Wildman–Crippen MR) is 153 cm³/mol. The molecule has 208 valence electrons. The van der Waals surface area contributed by atoms with Gasteiger partial charge in [0, 0.05) is 19.0 Å². The molecule has 1 N–H and O–H groups in total. The Morgan fingerprint density at radius 1 is 0.923 bits per heavy atom. The maximum atomic E-state index is 14.0. The summed E-state index contributed by atoms with van der Waals surface area (Å²) in [6, 6.07) is 18.0. The molecule has 0 bridgehead atoms. The number of nitrogens with one attached hydrogen (secondary N) is 1. The summed E-state index contributed by atoms with van der Waals surface area (Å²) in [6.07, 6.45) is 1.12. The third kappa shape index (κ3) is 8.42. The van der Waals surface area contributed by atoms with E-state index in [0.717, 1.165) is 16.1 Å². The van der Waals surface area contributed by atoms with Crippen molar-refractivity contribution in [3.8, 4) is 0 Å². The molecule has 0 spiro atoms. The van der Waals surface area contributed by atoms with Crippen molar-refractivity contribution < 1.29 is 22.4 Å². The lowest BCUT2D eigenvalue weighted by molar-refractivity contribution is -0.140. The van der Waals surface area contributed by atoms with Gasteiger partial charge in [-0.05, 0) is 49.2 Å². The summed E-state index contributed by atoms with van der Waals surface area (Å²) in [7, 11) is -4.00. The molecule has 0 aliphatic carbocycles. The van der Waals surface area contributed by atoms with Gasteiger partial charge in [-0.25, -0.2) is 12.8 Å². The number of hydrogen-bond acceptors (Lipinski definition) is 4. The fraction of sp³-hybridized carbons (Fsp3) is 0.286. The van der Waals surface area contributed by atoms with Crippen LogP contribution >= 0.6 is 23.2 Å². The summed E-state index contributed by atoms with van der Waals surface area (Å²) in [6.45, 7) is 2.90. The second-order valence-corrected chi connectivity index (χ2v) is 12.1. The van der Waals surface area contributed by atoms with Crippen LogP contribution in [0.4, 0.5) is 10.1 Å². The highest BCUT2D eigenvalue weighted by atomic mass is 35.5. The van der Waals surface area contributed by atoms with E-state index in [0.29, 0.717) is 5.56 Å². The van der Waals surface area contributed by atoms with Gasteiger partial charge >= 0.3 is 0 Å². The van der Waals surface area contributed by atoms with Crippen LogP contribution in [0.1, 0.15) is 25.0 Å². The van der Waals surface area contributed by atoms with Gasteiger partial charge < -0.3 is 10.2 Å². The van der Waals surface area contributed by atoms with Crippen molar-refractivity contribution in [3.05, 3.63) is 99.8 Å². The highest BCUT2D eigenvalue weighted by Crippen LogP contribution is 2.33. The molecule has 0 radical (unpaired) electrons. The quantitative estimate of drug-likeness (QED) is 0.336. The first-order chi connectivity index (χ1) is 18.4. The molecule has 3 aromatic carbocycles. The number of sulfonamides is 1. The van der Waals surface area contributed by atoms with Gasteiger partial charge in [-0.2, -0.15) is 0 Å². The van der Waals surface area contributed by atoms with Crippen molar-refractivity contribution in [1.29, 1.82) is 0 Å². The van der Waals surface area contributed by atoms with Crippen LogP contribution in [0, 0.1) is 5.82 Å². The largest absolute Gasteiger partial charge is 0.352 e. The van der Waals surface area contributed by atoms with E-state index in [-0.39, 0.29) is 34.7 Å². The zero-order valence-corrected chi connectivity index (χ0v) is 24.1. The summed E-state index contributed by atoms with van der Waals surface area (Å²) in [5.74, 6) is -1.51. The van der Waals surface area contributed by atoms with Crippen molar-refractivity contribution in [2.45, 2.75) is 38.9 Å². The molecule has 39 heavy (non-hydrogen) atoms. The number of carbonyl (C=O) groups excluding carboxylic acids is 2. The second kappa shape index (κ2) is 13.3. The first kappa shape index (κ1) is 30.4. The SMILES string of the molecule is CC(C)NC(=O)[C@@H](Cc1ccccc1)N(Cc1ccc(F)cc1)C(=O)CN(c1cccc(Cl)c1Cl)S(C)(=O)=O. The molecule has 0 unspecified atom stereocenters. The maximum absolute atomic E-state index is 14.0. The Labute approximate surface area is 238 Å². The van der Waals surface area contributed by atoms with E-state index in [1.165, 1.54) is 47.4 Å². The zero-order chi connectivity index (χ0) is 28.7. The van der Waals surface area contributed by atoms with Gasteiger partial charge in [0.1, 0.15) is 18.4 Å². The minimum absolute atomic E-state index is 0.0270. The molecule has 0 aliphatic heterocycles. The summed E-state index contributed by atoms with van der Waals surface area (Å²) >= 11 is 12.4. The standard InChI is InChI=1S/C28H30Cl2FN3O4S/c1-19(2)32-28(36)25(16-20-8-5-4-6-9-20)33(17-21-12-14-22(31)15-13-21)26(35)18-34(39(3,37)38)24-11-7-10-23(29)27(24)30/h4-15,19,25H,16-18H2,1-3H3,(H,32,36)/t25-/m1/s1. The van der Waals surface area contributed by atoms with Gasteiger partial charge in [0.2, 0.25) is 21.8 Å². The highest BCUT2D eigenvalue weighted by molar-refractivity contribution is 7.92. The highest BCUT2D eigenvalue weighted by Gasteiger charge is 2.33. The Bertz CT molecular complexity index is 1400. The van der Waals surface area contributed by atoms with Crippen LogP contribution in [0.15, 0.2) is 72.8 Å². The Morgan fingerprint density at radius 3 is 2.15 bits per heavy atom. The van der Waals surface area contributed by atoms with Crippen molar-refractivity contribution in [1.82, 2.24) is 10.2 Å². The number of benzene rings is 3. The average molecular weight is 595 g/mol. The Morgan fingerprint density at radius 2 is 1.56 bits per heavy atom. The van der Waals surface area contributed by atoms with Crippen molar-refractivity contribution in [2.24, 2.45) is 0 Å². The maximum Gasteiger partial charge on any atom is 0.244 e.